The lowest BCUT2D eigenvalue weighted by Crippen LogP contribution is -2.56. The van der Waals surface area contributed by atoms with E-state index in [1.807, 2.05) is 30.9 Å². The zero-order valence-corrected chi connectivity index (χ0v) is 17.9. The van der Waals surface area contributed by atoms with Crippen molar-refractivity contribution in [2.75, 3.05) is 4.90 Å². The molecular weight excluding hydrogens is 358 g/mol. The smallest absolute Gasteiger partial charge is 0.249 e. The van der Waals surface area contributed by atoms with Gasteiger partial charge in [0.25, 0.3) is 0 Å². The number of anilines is 1. The average Bonchev–Trinajstić information content (AvgIpc) is 2.98. The van der Waals surface area contributed by atoms with Crippen LogP contribution in [0.2, 0.25) is 0 Å². The zero-order valence-electron chi connectivity index (χ0n) is 17.9. The third-order valence-corrected chi connectivity index (χ3v) is 6.18. The van der Waals surface area contributed by atoms with Crippen LogP contribution in [0.3, 0.4) is 0 Å². The summed E-state index contributed by atoms with van der Waals surface area (Å²) in [6.07, 6.45) is 0.851. The van der Waals surface area contributed by atoms with Gasteiger partial charge >= 0.3 is 0 Å². The lowest BCUT2D eigenvalue weighted by Gasteiger charge is -2.51. The molecule has 0 aliphatic carbocycles. The van der Waals surface area contributed by atoms with E-state index in [-0.39, 0.29) is 23.4 Å². The van der Waals surface area contributed by atoms with Crippen LogP contribution in [0.25, 0.3) is 0 Å². The van der Waals surface area contributed by atoms with Crippen molar-refractivity contribution >= 4 is 11.6 Å². The van der Waals surface area contributed by atoms with Crippen LogP contribution in [0.5, 0.6) is 0 Å². The first-order valence-electron chi connectivity index (χ1n) is 10.2. The van der Waals surface area contributed by atoms with Gasteiger partial charge in [0.1, 0.15) is 6.54 Å². The summed E-state index contributed by atoms with van der Waals surface area (Å²) in [6.45, 7) is 10.8. The SMILES string of the molecule is Cc1cc(C)n(CC(=O)N2c3ccccc3C(C)(c3ccccc3)CC2(C)C)n1. The largest absolute Gasteiger partial charge is 0.305 e. The van der Waals surface area contributed by atoms with Gasteiger partial charge in [-0.2, -0.15) is 5.10 Å². The molecule has 1 amide bonds. The molecule has 150 valence electrons. The number of aryl methyl sites for hydroxylation is 2. The number of carbonyl (C=O) groups is 1. The van der Waals surface area contributed by atoms with E-state index in [1.54, 1.807) is 4.68 Å². The maximum absolute atomic E-state index is 13.5. The molecule has 1 aliphatic heterocycles. The van der Waals surface area contributed by atoms with Crippen molar-refractivity contribution in [3.63, 3.8) is 0 Å². The Morgan fingerprint density at radius 1 is 1.00 bits per heavy atom. The summed E-state index contributed by atoms with van der Waals surface area (Å²) >= 11 is 0. The molecule has 1 aromatic heterocycles. The molecule has 0 radical (unpaired) electrons. The van der Waals surface area contributed by atoms with Crippen molar-refractivity contribution < 1.29 is 4.79 Å². The molecule has 0 saturated heterocycles. The Labute approximate surface area is 173 Å². The number of fused-ring (bicyclic) bond motifs is 1. The van der Waals surface area contributed by atoms with Gasteiger partial charge in [0.05, 0.1) is 5.69 Å². The molecule has 3 aromatic rings. The van der Waals surface area contributed by atoms with Gasteiger partial charge in [0, 0.05) is 22.3 Å². The van der Waals surface area contributed by atoms with Crippen molar-refractivity contribution in [2.45, 2.75) is 58.5 Å². The summed E-state index contributed by atoms with van der Waals surface area (Å²) in [5.41, 5.74) is 4.95. The predicted molar refractivity (Wildman–Crippen MR) is 117 cm³/mol. The van der Waals surface area contributed by atoms with Gasteiger partial charge in [-0.25, -0.2) is 0 Å². The lowest BCUT2D eigenvalue weighted by atomic mass is 9.65. The van der Waals surface area contributed by atoms with Crippen LogP contribution in [0.4, 0.5) is 5.69 Å². The predicted octanol–water partition coefficient (Wildman–Crippen LogP) is 5.02. The Hall–Kier alpha value is -2.88. The molecule has 0 saturated carbocycles. The van der Waals surface area contributed by atoms with E-state index in [1.165, 1.54) is 11.1 Å². The Morgan fingerprint density at radius 2 is 1.66 bits per heavy atom. The molecule has 1 unspecified atom stereocenters. The van der Waals surface area contributed by atoms with Gasteiger partial charge in [0.15, 0.2) is 0 Å². The van der Waals surface area contributed by atoms with Crippen LogP contribution < -0.4 is 4.90 Å². The summed E-state index contributed by atoms with van der Waals surface area (Å²) in [5.74, 6) is 0.0729. The van der Waals surface area contributed by atoms with Crippen LogP contribution in [-0.2, 0) is 16.8 Å². The fourth-order valence-electron chi connectivity index (χ4n) is 5.07. The Balaban J connectivity index is 1.80. The number of nitrogens with zero attached hydrogens (tertiary/aromatic N) is 3. The quantitative estimate of drug-likeness (QED) is 0.633. The van der Waals surface area contributed by atoms with Crippen molar-refractivity contribution in [3.05, 3.63) is 83.2 Å². The molecule has 0 fully saturated rings. The fourth-order valence-corrected chi connectivity index (χ4v) is 5.07. The van der Waals surface area contributed by atoms with Crippen molar-refractivity contribution in [3.8, 4) is 0 Å². The second-order valence-electron chi connectivity index (χ2n) is 9.02. The van der Waals surface area contributed by atoms with Crippen LogP contribution in [0, 0.1) is 13.8 Å². The van der Waals surface area contributed by atoms with Gasteiger partial charge in [0.2, 0.25) is 5.91 Å². The molecule has 4 nitrogen and oxygen atoms in total. The Morgan fingerprint density at radius 3 is 2.31 bits per heavy atom. The minimum absolute atomic E-state index is 0.0729. The van der Waals surface area contributed by atoms with Gasteiger partial charge in [-0.05, 0) is 57.4 Å². The summed E-state index contributed by atoms with van der Waals surface area (Å²) < 4.78 is 1.81. The number of aromatic nitrogens is 2. The van der Waals surface area contributed by atoms with Gasteiger partial charge in [-0.1, -0.05) is 55.5 Å². The molecule has 2 aromatic carbocycles. The topological polar surface area (TPSA) is 38.1 Å². The van der Waals surface area contributed by atoms with Crippen LogP contribution >= 0.6 is 0 Å². The van der Waals surface area contributed by atoms with E-state index >= 15 is 0 Å². The third kappa shape index (κ3) is 3.27. The molecule has 29 heavy (non-hydrogen) atoms. The van der Waals surface area contributed by atoms with Gasteiger partial charge in [-0.15, -0.1) is 0 Å². The Bertz CT molecular complexity index is 1050. The number of rotatable bonds is 3. The number of hydrogen-bond donors (Lipinski definition) is 0. The second kappa shape index (κ2) is 6.87. The van der Waals surface area contributed by atoms with Gasteiger partial charge < -0.3 is 4.90 Å². The minimum atomic E-state index is -0.327. The first kappa shape index (κ1) is 19.4. The van der Waals surface area contributed by atoms with Crippen LogP contribution in [0.15, 0.2) is 60.7 Å². The Kier molecular flexibility index (Phi) is 4.60. The molecule has 4 heteroatoms. The molecule has 4 rings (SSSR count). The highest BCUT2D eigenvalue weighted by molar-refractivity contribution is 5.96. The fraction of sp³-hybridized carbons (Fsp3) is 0.360. The number of amides is 1. The normalized spacial score (nSPS) is 20.4. The summed E-state index contributed by atoms with van der Waals surface area (Å²) in [6, 6.07) is 21.0. The number of para-hydroxylation sites is 1. The maximum Gasteiger partial charge on any atom is 0.249 e. The monoisotopic (exact) mass is 387 g/mol. The molecule has 0 spiro atoms. The zero-order chi connectivity index (χ0) is 20.8. The summed E-state index contributed by atoms with van der Waals surface area (Å²) in [5, 5.41) is 4.49. The van der Waals surface area contributed by atoms with E-state index < -0.39 is 0 Å². The number of hydrogen-bond acceptors (Lipinski definition) is 2. The van der Waals surface area contributed by atoms with E-state index in [2.05, 4.69) is 74.4 Å². The lowest BCUT2D eigenvalue weighted by molar-refractivity contribution is -0.120. The first-order chi connectivity index (χ1) is 13.7. The van der Waals surface area contributed by atoms with Crippen molar-refractivity contribution in [1.29, 1.82) is 0 Å². The molecule has 0 bridgehead atoms. The van der Waals surface area contributed by atoms with E-state index in [0.717, 1.165) is 23.5 Å². The van der Waals surface area contributed by atoms with Crippen LogP contribution in [-0.4, -0.2) is 21.2 Å². The van der Waals surface area contributed by atoms with Crippen LogP contribution in [0.1, 0.15) is 49.7 Å². The molecule has 1 aliphatic rings. The highest BCUT2D eigenvalue weighted by Gasteiger charge is 2.47. The number of carbonyl (C=O) groups excluding carboxylic acids is 1. The molecule has 1 atom stereocenters. The van der Waals surface area contributed by atoms with E-state index in [4.69, 9.17) is 0 Å². The second-order valence-corrected chi connectivity index (χ2v) is 9.02. The van der Waals surface area contributed by atoms with Crippen molar-refractivity contribution in [1.82, 2.24) is 9.78 Å². The first-order valence-corrected chi connectivity index (χ1v) is 10.2. The summed E-state index contributed by atoms with van der Waals surface area (Å²) in [4.78, 5) is 15.5. The van der Waals surface area contributed by atoms with Crippen molar-refractivity contribution in [2.24, 2.45) is 0 Å². The van der Waals surface area contributed by atoms with E-state index in [9.17, 15) is 4.79 Å². The summed E-state index contributed by atoms with van der Waals surface area (Å²) in [7, 11) is 0. The minimum Gasteiger partial charge on any atom is -0.305 e. The number of benzene rings is 2. The van der Waals surface area contributed by atoms with E-state index in [0.29, 0.717) is 0 Å². The van der Waals surface area contributed by atoms with Gasteiger partial charge in [-0.3, -0.25) is 9.48 Å². The molecule has 2 heterocycles. The highest BCUT2D eigenvalue weighted by Crippen LogP contribution is 2.50. The highest BCUT2D eigenvalue weighted by atomic mass is 16.2. The molecule has 0 N–H and O–H groups in total. The average molecular weight is 388 g/mol. The standard InChI is InChI=1S/C25H29N3O/c1-18-15-19(2)27(26-18)16-23(29)28-22-14-10-9-13-21(22)25(5,17-24(28,3)4)20-11-7-6-8-12-20/h6-15H,16-17H2,1-5H3. The molecular formula is C25H29N3O. The maximum atomic E-state index is 13.5. The third-order valence-electron chi connectivity index (χ3n) is 6.18.